The van der Waals surface area contributed by atoms with Crippen molar-refractivity contribution in [1.82, 2.24) is 0 Å². The van der Waals surface area contributed by atoms with Crippen LogP contribution in [0.5, 0.6) is 0 Å². The number of fused-ring (bicyclic) bond motifs is 5. The second-order valence-electron chi connectivity index (χ2n) is 19.4. The van der Waals surface area contributed by atoms with E-state index in [1.807, 2.05) is 0 Å². The molecule has 0 heterocycles. The number of hydrogen-bond donors (Lipinski definition) is 0. The molecule has 1 heteroatoms. The van der Waals surface area contributed by atoms with E-state index >= 15 is 0 Å². The molecule has 0 aromatic heterocycles. The normalized spacial score (nSPS) is 31.5. The number of rotatable bonds is 26. The van der Waals surface area contributed by atoms with E-state index in [1.54, 1.807) is 5.57 Å². The molecule has 0 spiro atoms. The summed E-state index contributed by atoms with van der Waals surface area (Å²) in [4.78, 5) is 0. The average molecular weight is 693 g/mol. The van der Waals surface area contributed by atoms with Crippen LogP contribution in [0.1, 0.15) is 228 Å². The van der Waals surface area contributed by atoms with Crippen LogP contribution in [0, 0.1) is 46.3 Å². The number of ether oxygens (including phenoxy) is 1. The first-order chi connectivity index (χ1) is 24.3. The first-order valence-electron chi connectivity index (χ1n) is 23.3. The van der Waals surface area contributed by atoms with E-state index in [-0.39, 0.29) is 0 Å². The van der Waals surface area contributed by atoms with E-state index in [0.29, 0.717) is 16.9 Å². The van der Waals surface area contributed by atoms with Crippen LogP contribution in [-0.2, 0) is 4.74 Å². The van der Waals surface area contributed by atoms with Gasteiger partial charge in [-0.3, -0.25) is 0 Å². The Morgan fingerprint density at radius 3 is 1.94 bits per heavy atom. The lowest BCUT2D eigenvalue weighted by Crippen LogP contribution is -2.51. The van der Waals surface area contributed by atoms with E-state index in [0.717, 1.165) is 42.1 Å². The second-order valence-corrected chi connectivity index (χ2v) is 19.4. The van der Waals surface area contributed by atoms with Crippen molar-refractivity contribution in [1.29, 1.82) is 0 Å². The maximum atomic E-state index is 6.58. The van der Waals surface area contributed by atoms with Crippen molar-refractivity contribution in [3.05, 3.63) is 23.8 Å². The Bertz CT molecular complexity index is 960. The van der Waals surface area contributed by atoms with Gasteiger partial charge in [-0.05, 0) is 130 Å². The Hall–Kier alpha value is -0.560. The Morgan fingerprint density at radius 1 is 0.680 bits per heavy atom. The monoisotopic (exact) mass is 693 g/mol. The first kappa shape index (κ1) is 42.2. The highest BCUT2D eigenvalue weighted by Gasteiger charge is 2.59. The predicted octanol–water partition coefficient (Wildman–Crippen LogP) is 16.0. The topological polar surface area (TPSA) is 9.23 Å². The molecule has 3 saturated carbocycles. The third-order valence-corrected chi connectivity index (χ3v) is 15.3. The lowest BCUT2D eigenvalue weighted by atomic mass is 9.47. The molecule has 0 saturated heterocycles. The summed E-state index contributed by atoms with van der Waals surface area (Å²) < 4.78 is 6.58. The molecule has 0 unspecified atom stereocenters. The van der Waals surface area contributed by atoms with Gasteiger partial charge in [0.05, 0.1) is 6.10 Å². The zero-order valence-electron chi connectivity index (χ0n) is 34.9. The lowest BCUT2D eigenvalue weighted by molar-refractivity contribution is -0.0641. The molecule has 0 radical (unpaired) electrons. The first-order valence-corrected chi connectivity index (χ1v) is 23.3. The molecule has 0 bridgehead atoms. The zero-order chi connectivity index (χ0) is 35.7. The largest absolute Gasteiger partial charge is 0.378 e. The molecule has 0 aromatic carbocycles. The molecule has 3 fully saturated rings. The van der Waals surface area contributed by atoms with Crippen LogP contribution in [0.25, 0.3) is 0 Å². The van der Waals surface area contributed by atoms with Crippen molar-refractivity contribution < 1.29 is 4.74 Å². The third kappa shape index (κ3) is 12.5. The quantitative estimate of drug-likeness (QED) is 0.0648. The highest BCUT2D eigenvalue weighted by Crippen LogP contribution is 2.67. The van der Waals surface area contributed by atoms with Crippen molar-refractivity contribution in [3.8, 4) is 0 Å². The molecule has 0 N–H and O–H groups in total. The summed E-state index contributed by atoms with van der Waals surface area (Å²) in [7, 11) is 0. The van der Waals surface area contributed by atoms with Crippen molar-refractivity contribution in [2.24, 2.45) is 46.3 Å². The van der Waals surface area contributed by atoms with E-state index in [4.69, 9.17) is 4.74 Å². The molecule has 50 heavy (non-hydrogen) atoms. The van der Waals surface area contributed by atoms with E-state index in [2.05, 4.69) is 59.8 Å². The minimum absolute atomic E-state index is 0.453. The van der Waals surface area contributed by atoms with Gasteiger partial charge in [-0.15, -0.1) is 0 Å². The fourth-order valence-electron chi connectivity index (χ4n) is 12.1. The van der Waals surface area contributed by atoms with Crippen molar-refractivity contribution in [3.63, 3.8) is 0 Å². The summed E-state index contributed by atoms with van der Waals surface area (Å²) in [6.07, 6.45) is 48.9. The van der Waals surface area contributed by atoms with Crippen molar-refractivity contribution in [2.45, 2.75) is 234 Å². The highest BCUT2D eigenvalue weighted by atomic mass is 16.5. The van der Waals surface area contributed by atoms with Crippen LogP contribution in [0.4, 0.5) is 0 Å². The summed E-state index contributed by atoms with van der Waals surface area (Å²) in [5, 5.41) is 0. The molecular weight excluding hydrogens is 605 g/mol. The van der Waals surface area contributed by atoms with E-state index < -0.39 is 0 Å². The van der Waals surface area contributed by atoms with Gasteiger partial charge in [-0.25, -0.2) is 0 Å². The molecule has 4 aliphatic carbocycles. The maximum absolute atomic E-state index is 6.58. The van der Waals surface area contributed by atoms with Crippen LogP contribution >= 0.6 is 0 Å². The number of hydrogen-bond acceptors (Lipinski definition) is 1. The smallest absolute Gasteiger partial charge is 0.0612 e. The maximum Gasteiger partial charge on any atom is 0.0612 e. The second kappa shape index (κ2) is 22.6. The lowest BCUT2D eigenvalue weighted by Gasteiger charge is -2.58. The summed E-state index contributed by atoms with van der Waals surface area (Å²) in [6, 6.07) is 0. The van der Waals surface area contributed by atoms with Gasteiger partial charge in [0.1, 0.15) is 0 Å². The molecule has 0 aromatic rings. The van der Waals surface area contributed by atoms with Crippen LogP contribution < -0.4 is 0 Å². The standard InChI is InChI=1S/C49H88O/c1-7-8-9-10-11-12-13-14-15-16-17-18-19-20-21-22-23-24-25-26-38-50-43-34-36-48(5)42(39-43)30-31-44-46-33-32-45(41(4)29-27-28-40(2)3)49(46,6)37-35-47(44)48/h14-15,30,40-41,43-47H,7-13,16-29,31-39H2,1-6H3/b15-14-/t41-,43+,44+,45-,46+,47+,48+,49-/m1/s1. The van der Waals surface area contributed by atoms with Gasteiger partial charge in [-0.1, -0.05) is 168 Å². The summed E-state index contributed by atoms with van der Waals surface area (Å²) in [5.41, 5.74) is 2.86. The van der Waals surface area contributed by atoms with Crippen LogP contribution in [0.3, 0.4) is 0 Å². The van der Waals surface area contributed by atoms with Gasteiger partial charge in [0.15, 0.2) is 0 Å². The molecule has 290 valence electrons. The van der Waals surface area contributed by atoms with Gasteiger partial charge in [0, 0.05) is 6.61 Å². The van der Waals surface area contributed by atoms with Gasteiger partial charge in [0.2, 0.25) is 0 Å². The Morgan fingerprint density at radius 2 is 1.30 bits per heavy atom. The van der Waals surface area contributed by atoms with E-state index in [9.17, 15) is 0 Å². The van der Waals surface area contributed by atoms with Gasteiger partial charge < -0.3 is 4.74 Å². The molecule has 1 nitrogen and oxygen atoms in total. The highest BCUT2D eigenvalue weighted by molar-refractivity contribution is 5.25. The summed E-state index contributed by atoms with van der Waals surface area (Å²) in [5.74, 6) is 5.58. The van der Waals surface area contributed by atoms with Crippen LogP contribution in [0.2, 0.25) is 0 Å². The fraction of sp³-hybridized carbons (Fsp3) is 0.918. The van der Waals surface area contributed by atoms with Gasteiger partial charge in [0.25, 0.3) is 0 Å². The molecule has 4 aliphatic rings. The summed E-state index contributed by atoms with van der Waals surface area (Å²) >= 11 is 0. The predicted molar refractivity (Wildman–Crippen MR) is 221 cm³/mol. The zero-order valence-corrected chi connectivity index (χ0v) is 34.9. The molecule has 0 amide bonds. The van der Waals surface area contributed by atoms with Crippen molar-refractivity contribution >= 4 is 0 Å². The van der Waals surface area contributed by atoms with Crippen LogP contribution in [0.15, 0.2) is 23.8 Å². The molecular formula is C49H88O. The summed E-state index contributed by atoms with van der Waals surface area (Å²) in [6.45, 7) is 16.1. The Kier molecular flexibility index (Phi) is 19.1. The minimum Gasteiger partial charge on any atom is -0.378 e. The Labute approximate surface area is 314 Å². The molecule has 4 rings (SSSR count). The fourth-order valence-corrected chi connectivity index (χ4v) is 12.1. The average Bonchev–Trinajstić information content (AvgIpc) is 3.46. The number of unbranched alkanes of at least 4 members (excludes halogenated alkanes) is 16. The number of allylic oxidation sites excluding steroid dienone is 3. The van der Waals surface area contributed by atoms with Gasteiger partial charge >= 0.3 is 0 Å². The van der Waals surface area contributed by atoms with Crippen molar-refractivity contribution in [2.75, 3.05) is 6.61 Å². The Balaban J connectivity index is 1.02. The minimum atomic E-state index is 0.453. The van der Waals surface area contributed by atoms with Crippen LogP contribution in [-0.4, -0.2) is 12.7 Å². The molecule has 0 aliphatic heterocycles. The third-order valence-electron chi connectivity index (χ3n) is 15.3. The molecule has 8 atom stereocenters. The van der Waals surface area contributed by atoms with E-state index in [1.165, 1.54) is 186 Å². The van der Waals surface area contributed by atoms with Gasteiger partial charge in [-0.2, -0.15) is 0 Å². The SMILES string of the molecule is CCCCCCCC/C=C\CCCCCCCCCCCCO[C@H]1CC[C@@]2(C)C(=CC[C@H]3[C@@H]4CC[C@H]([C@H](C)CCCC(C)C)[C@@]4(C)CC[C@@H]32)C1.